The molecule has 0 heterocycles. The van der Waals surface area contributed by atoms with Crippen LogP contribution in [0.25, 0.3) is 0 Å². The van der Waals surface area contributed by atoms with Gasteiger partial charge in [-0.25, -0.2) is 0 Å². The minimum Gasteiger partial charge on any atom is -0.312 e. The largest absolute Gasteiger partial charge is 0.312 e. The van der Waals surface area contributed by atoms with Crippen molar-refractivity contribution < 1.29 is 0 Å². The van der Waals surface area contributed by atoms with E-state index in [2.05, 4.69) is 76.8 Å². The fraction of sp³-hybridized carbons (Fsp3) is 0.250. The third-order valence-corrected chi connectivity index (χ3v) is 5.34. The summed E-state index contributed by atoms with van der Waals surface area (Å²) in [5.74, 6) is 0. The average molecular weight is 334 g/mol. The molecule has 0 aliphatic heterocycles. The topological polar surface area (TPSA) is 12.0 Å². The minimum absolute atomic E-state index is 0.445. The van der Waals surface area contributed by atoms with E-state index in [9.17, 15) is 0 Å². The van der Waals surface area contributed by atoms with Gasteiger partial charge >= 0.3 is 0 Å². The minimum atomic E-state index is 0.445. The van der Waals surface area contributed by atoms with Crippen LogP contribution in [0, 0.1) is 0 Å². The van der Waals surface area contributed by atoms with Gasteiger partial charge in [0.05, 0.1) is 0 Å². The second-order valence-corrected chi connectivity index (χ2v) is 7.01. The quantitative estimate of drug-likeness (QED) is 0.891. The average Bonchev–Trinajstić information content (AvgIpc) is 2.75. The summed E-state index contributed by atoms with van der Waals surface area (Å²) in [5.41, 5.74) is 2.94. The van der Waals surface area contributed by atoms with Crippen LogP contribution in [-0.2, 0) is 6.42 Å². The fourth-order valence-corrected chi connectivity index (χ4v) is 4.66. The van der Waals surface area contributed by atoms with Crippen molar-refractivity contribution in [2.24, 2.45) is 0 Å². The second-order valence-electron chi connectivity index (χ2n) is 4.78. The molecule has 3 rings (SSSR count). The number of hydrogen-bond donors (Lipinski definition) is 1. The van der Waals surface area contributed by atoms with E-state index in [1.807, 2.05) is 11.8 Å². The molecule has 2 unspecified atom stereocenters. The molecular weight excluding hydrogens is 318 g/mol. The molecule has 0 aromatic heterocycles. The lowest BCUT2D eigenvalue weighted by Gasteiger charge is -2.19. The van der Waals surface area contributed by atoms with Gasteiger partial charge in [0.2, 0.25) is 0 Å². The summed E-state index contributed by atoms with van der Waals surface area (Å²) in [6.07, 6.45) is 1.14. The Labute approximate surface area is 126 Å². The summed E-state index contributed by atoms with van der Waals surface area (Å²) >= 11 is 5.51. The zero-order chi connectivity index (χ0) is 13.2. The molecule has 1 aliphatic rings. The van der Waals surface area contributed by atoms with Gasteiger partial charge in [-0.1, -0.05) is 46.3 Å². The first-order valence-corrected chi connectivity index (χ1v) is 8.12. The Kier molecular flexibility index (Phi) is 3.96. The zero-order valence-electron chi connectivity index (χ0n) is 10.8. The van der Waals surface area contributed by atoms with Gasteiger partial charge in [-0.3, -0.25) is 0 Å². The van der Waals surface area contributed by atoms with E-state index in [0.29, 0.717) is 11.3 Å². The van der Waals surface area contributed by atoms with Crippen molar-refractivity contribution in [2.45, 2.75) is 22.6 Å². The maximum Gasteiger partial charge on any atom is 0.0447 e. The predicted molar refractivity (Wildman–Crippen MR) is 85.7 cm³/mol. The van der Waals surface area contributed by atoms with Crippen LogP contribution in [0.1, 0.15) is 17.2 Å². The highest BCUT2D eigenvalue weighted by Gasteiger charge is 2.31. The first-order chi connectivity index (χ1) is 9.28. The van der Waals surface area contributed by atoms with Gasteiger partial charge in [0.15, 0.2) is 0 Å². The standard InChI is InChI=1S/C16H16BrNS/c1-18-16-14-8-3-2-5-11(14)9-15(16)19-13-7-4-6-12(17)10-13/h2-8,10,15-16,18H,9H2,1H3. The molecule has 2 aromatic rings. The summed E-state index contributed by atoms with van der Waals surface area (Å²) in [6.45, 7) is 0. The zero-order valence-corrected chi connectivity index (χ0v) is 13.2. The van der Waals surface area contributed by atoms with Crippen molar-refractivity contribution >= 4 is 27.7 Å². The Morgan fingerprint density at radius 2 is 2.00 bits per heavy atom. The van der Waals surface area contributed by atoms with Crippen LogP contribution in [0.2, 0.25) is 0 Å². The van der Waals surface area contributed by atoms with Crippen LogP contribution < -0.4 is 5.32 Å². The molecule has 0 saturated heterocycles. The van der Waals surface area contributed by atoms with E-state index in [-0.39, 0.29) is 0 Å². The van der Waals surface area contributed by atoms with Crippen molar-refractivity contribution in [3.8, 4) is 0 Å². The van der Waals surface area contributed by atoms with Crippen molar-refractivity contribution in [1.82, 2.24) is 5.32 Å². The first-order valence-electron chi connectivity index (χ1n) is 6.45. The Morgan fingerprint density at radius 3 is 2.79 bits per heavy atom. The van der Waals surface area contributed by atoms with Gasteiger partial charge in [-0.15, -0.1) is 11.8 Å². The third kappa shape index (κ3) is 2.73. The molecule has 0 bridgehead atoms. The normalized spacial score (nSPS) is 21.4. The van der Waals surface area contributed by atoms with E-state index in [1.54, 1.807) is 0 Å². The van der Waals surface area contributed by atoms with E-state index in [0.717, 1.165) is 10.9 Å². The molecule has 0 amide bonds. The van der Waals surface area contributed by atoms with Crippen molar-refractivity contribution in [3.05, 3.63) is 64.1 Å². The number of rotatable bonds is 3. The van der Waals surface area contributed by atoms with E-state index < -0.39 is 0 Å². The Hall–Kier alpha value is -0.770. The highest BCUT2D eigenvalue weighted by Crippen LogP contribution is 2.41. The molecule has 0 radical (unpaired) electrons. The number of fused-ring (bicyclic) bond motifs is 1. The van der Waals surface area contributed by atoms with Gasteiger partial charge in [-0.2, -0.15) is 0 Å². The van der Waals surface area contributed by atoms with Gasteiger partial charge in [0, 0.05) is 20.7 Å². The predicted octanol–water partition coefficient (Wildman–Crippen LogP) is 4.43. The van der Waals surface area contributed by atoms with E-state index in [1.165, 1.54) is 16.0 Å². The summed E-state index contributed by atoms with van der Waals surface area (Å²) in [7, 11) is 2.06. The van der Waals surface area contributed by atoms with Crippen molar-refractivity contribution in [2.75, 3.05) is 7.05 Å². The van der Waals surface area contributed by atoms with Gasteiger partial charge in [0.25, 0.3) is 0 Å². The Bertz CT molecular complexity index is 584. The lowest BCUT2D eigenvalue weighted by atomic mass is 10.1. The number of nitrogens with one attached hydrogen (secondary N) is 1. The third-order valence-electron chi connectivity index (χ3n) is 3.58. The SMILES string of the molecule is CNC1c2ccccc2CC1Sc1cccc(Br)c1. The molecule has 19 heavy (non-hydrogen) atoms. The lowest BCUT2D eigenvalue weighted by molar-refractivity contribution is 0.603. The summed E-state index contributed by atoms with van der Waals surface area (Å²) < 4.78 is 1.15. The lowest BCUT2D eigenvalue weighted by Crippen LogP contribution is -2.23. The number of halogens is 1. The maximum absolute atomic E-state index is 3.54. The molecule has 0 spiro atoms. The molecular formula is C16H16BrNS. The van der Waals surface area contributed by atoms with Gasteiger partial charge in [0.1, 0.15) is 0 Å². The van der Waals surface area contributed by atoms with Crippen LogP contribution in [-0.4, -0.2) is 12.3 Å². The molecule has 2 aromatic carbocycles. The summed E-state index contributed by atoms with van der Waals surface area (Å²) in [4.78, 5) is 1.33. The van der Waals surface area contributed by atoms with E-state index in [4.69, 9.17) is 0 Å². The van der Waals surface area contributed by atoms with Crippen molar-refractivity contribution in [3.63, 3.8) is 0 Å². The van der Waals surface area contributed by atoms with Crippen LogP contribution in [0.15, 0.2) is 57.9 Å². The first kappa shape index (κ1) is 13.2. The summed E-state index contributed by atoms with van der Waals surface area (Å²) in [6, 6.07) is 17.8. The monoisotopic (exact) mass is 333 g/mol. The molecule has 98 valence electrons. The number of thioether (sulfide) groups is 1. The Morgan fingerprint density at radius 1 is 1.16 bits per heavy atom. The smallest absolute Gasteiger partial charge is 0.0447 e. The highest BCUT2D eigenvalue weighted by atomic mass is 79.9. The molecule has 2 atom stereocenters. The van der Waals surface area contributed by atoms with Crippen LogP contribution >= 0.6 is 27.7 Å². The fourth-order valence-electron chi connectivity index (χ4n) is 2.72. The highest BCUT2D eigenvalue weighted by molar-refractivity contribution is 9.10. The maximum atomic E-state index is 3.54. The Balaban J connectivity index is 1.83. The van der Waals surface area contributed by atoms with Gasteiger partial charge in [-0.05, 0) is 42.8 Å². The second kappa shape index (κ2) is 5.70. The molecule has 1 aliphatic carbocycles. The van der Waals surface area contributed by atoms with E-state index >= 15 is 0 Å². The molecule has 1 N–H and O–H groups in total. The molecule has 3 heteroatoms. The van der Waals surface area contributed by atoms with Gasteiger partial charge < -0.3 is 5.32 Å². The van der Waals surface area contributed by atoms with Crippen LogP contribution in [0.3, 0.4) is 0 Å². The molecule has 0 saturated carbocycles. The van der Waals surface area contributed by atoms with Crippen LogP contribution in [0.5, 0.6) is 0 Å². The molecule has 1 nitrogen and oxygen atoms in total. The van der Waals surface area contributed by atoms with Crippen molar-refractivity contribution in [1.29, 1.82) is 0 Å². The molecule has 0 fully saturated rings. The number of benzene rings is 2. The van der Waals surface area contributed by atoms with Crippen LogP contribution in [0.4, 0.5) is 0 Å². The summed E-state index contributed by atoms with van der Waals surface area (Å²) in [5, 5.41) is 4.04. The number of hydrogen-bond acceptors (Lipinski definition) is 2.